The first-order valence-corrected chi connectivity index (χ1v) is 10.6. The van der Waals surface area contributed by atoms with Gasteiger partial charge in [-0.25, -0.2) is 0 Å². The summed E-state index contributed by atoms with van der Waals surface area (Å²) in [5, 5.41) is 0. The topological polar surface area (TPSA) is 6.48 Å². The molecule has 112 valence electrons. The molecule has 0 N–H and O–H groups in total. The molecule has 1 aliphatic rings. The van der Waals surface area contributed by atoms with E-state index in [4.69, 9.17) is 0 Å². The van der Waals surface area contributed by atoms with Gasteiger partial charge in [0.25, 0.3) is 8.40 Å². The highest BCUT2D eigenvalue weighted by Gasteiger charge is 2.36. The second kappa shape index (κ2) is 6.24. The van der Waals surface area contributed by atoms with Crippen molar-refractivity contribution in [2.75, 3.05) is 11.1 Å². The summed E-state index contributed by atoms with van der Waals surface area (Å²) in [6.07, 6.45) is 8.71. The van der Waals surface area contributed by atoms with Gasteiger partial charge in [-0.2, -0.15) is 0 Å². The maximum Gasteiger partial charge on any atom is 0.262 e. The average molecular weight is 306 g/mol. The van der Waals surface area contributed by atoms with Crippen molar-refractivity contribution in [1.29, 1.82) is 0 Å². The molecule has 2 aromatic carbocycles. The summed E-state index contributed by atoms with van der Waals surface area (Å²) in [5.41, 5.74) is 2.52. The lowest BCUT2D eigenvalue weighted by molar-refractivity contribution is 0.612. The van der Waals surface area contributed by atoms with Gasteiger partial charge < -0.3 is 9.13 Å². The van der Waals surface area contributed by atoms with E-state index in [1.165, 1.54) is 11.4 Å². The third kappa shape index (κ3) is 2.85. The van der Waals surface area contributed by atoms with Crippen LogP contribution in [0, 0.1) is 0 Å². The molecule has 2 aromatic rings. The average Bonchev–Trinajstić information content (AvgIpc) is 2.58. The van der Waals surface area contributed by atoms with Crippen LogP contribution in [0.5, 0.6) is 0 Å². The molecule has 22 heavy (non-hydrogen) atoms. The van der Waals surface area contributed by atoms with E-state index in [0.29, 0.717) is 0 Å². The number of hydrogen-bond acceptors (Lipinski definition) is 2. The van der Waals surface area contributed by atoms with Crippen LogP contribution < -0.4 is 4.57 Å². The highest BCUT2D eigenvalue weighted by atomic mass is 28.3. The third-order valence-corrected chi connectivity index (χ3v) is 7.44. The Labute approximate surface area is 134 Å². The lowest BCUT2D eigenvalue weighted by atomic mass is 10.3. The Balaban J connectivity index is 2.05. The fourth-order valence-electron chi connectivity index (χ4n) is 2.94. The van der Waals surface area contributed by atoms with Gasteiger partial charge in [-0.1, -0.05) is 48.6 Å². The molecule has 0 atom stereocenters. The van der Waals surface area contributed by atoms with Crippen LogP contribution in [0.1, 0.15) is 0 Å². The van der Waals surface area contributed by atoms with Gasteiger partial charge in [0.15, 0.2) is 0 Å². The number of nitrogens with zero attached hydrogens (tertiary/aromatic N) is 2. The van der Waals surface area contributed by atoms with Crippen molar-refractivity contribution in [3.8, 4) is 0 Å². The van der Waals surface area contributed by atoms with Crippen molar-refractivity contribution < 1.29 is 0 Å². The van der Waals surface area contributed by atoms with Gasteiger partial charge >= 0.3 is 0 Å². The van der Waals surface area contributed by atoms with Crippen molar-refractivity contribution in [2.24, 2.45) is 0 Å². The van der Waals surface area contributed by atoms with E-state index in [0.717, 1.165) is 6.54 Å². The molecule has 2 nitrogen and oxygen atoms in total. The molecule has 0 spiro atoms. The molecule has 0 amide bonds. The summed E-state index contributed by atoms with van der Waals surface area (Å²) < 4.78 is 5.02. The first-order chi connectivity index (χ1) is 10.7. The van der Waals surface area contributed by atoms with E-state index in [9.17, 15) is 0 Å². The Bertz CT molecular complexity index is 623. The summed E-state index contributed by atoms with van der Waals surface area (Å²) in [5.74, 6) is 0. The van der Waals surface area contributed by atoms with Gasteiger partial charge in [0.1, 0.15) is 0 Å². The van der Waals surface area contributed by atoms with Crippen molar-refractivity contribution in [1.82, 2.24) is 4.57 Å². The van der Waals surface area contributed by atoms with Crippen LogP contribution in [-0.2, 0) is 0 Å². The number of hydrogen-bond donors (Lipinski definition) is 0. The smallest absolute Gasteiger partial charge is 0.262 e. The van der Waals surface area contributed by atoms with Gasteiger partial charge in [0, 0.05) is 17.9 Å². The maximum atomic E-state index is 2.52. The predicted molar refractivity (Wildman–Crippen MR) is 97.5 cm³/mol. The Kier molecular flexibility index (Phi) is 4.16. The van der Waals surface area contributed by atoms with Gasteiger partial charge in [-0.05, 0) is 49.6 Å². The number of para-hydroxylation sites is 2. The molecule has 0 aromatic heterocycles. The van der Waals surface area contributed by atoms with Gasteiger partial charge in [0.05, 0.1) is 0 Å². The van der Waals surface area contributed by atoms with Crippen molar-refractivity contribution in [2.45, 2.75) is 13.1 Å². The second-order valence-corrected chi connectivity index (χ2v) is 9.93. The fraction of sp³-hybridized carbons (Fsp3) is 0.158. The standard InChI is InChI=1S/C19H22N2Si/c1-22(2,20-16-10-5-11-17-20)21(18-12-6-3-7-13-18)19-14-8-4-9-15-19/h3-16H,17H2,1-2H3. The highest BCUT2D eigenvalue weighted by molar-refractivity contribution is 6.80. The molecule has 0 radical (unpaired) electrons. The lowest BCUT2D eigenvalue weighted by Gasteiger charge is -2.45. The normalized spacial score (nSPS) is 14.2. The molecule has 3 rings (SSSR count). The van der Waals surface area contributed by atoms with Crippen LogP contribution in [0.25, 0.3) is 0 Å². The van der Waals surface area contributed by atoms with Crippen LogP contribution in [0.2, 0.25) is 13.1 Å². The Morgan fingerprint density at radius 2 is 1.36 bits per heavy atom. The first-order valence-electron chi connectivity index (χ1n) is 7.70. The summed E-state index contributed by atoms with van der Waals surface area (Å²) in [6.45, 7) is 5.78. The third-order valence-electron chi connectivity index (χ3n) is 4.09. The van der Waals surface area contributed by atoms with Crippen LogP contribution in [0.3, 0.4) is 0 Å². The summed E-state index contributed by atoms with van der Waals surface area (Å²) in [7, 11) is -1.88. The zero-order valence-electron chi connectivity index (χ0n) is 13.2. The van der Waals surface area contributed by atoms with Gasteiger partial charge in [-0.3, -0.25) is 0 Å². The molecule has 1 heterocycles. The number of benzene rings is 2. The van der Waals surface area contributed by atoms with E-state index in [2.05, 4.69) is 107 Å². The maximum absolute atomic E-state index is 2.52. The van der Waals surface area contributed by atoms with E-state index in [-0.39, 0.29) is 0 Å². The van der Waals surface area contributed by atoms with Crippen molar-refractivity contribution in [3.05, 3.63) is 85.1 Å². The molecule has 0 aliphatic carbocycles. The largest absolute Gasteiger partial charge is 0.383 e. The SMILES string of the molecule is C[Si](C)(N1C=CC=CC1)N(c1ccccc1)c1ccccc1. The minimum atomic E-state index is -1.88. The fourth-order valence-corrected chi connectivity index (χ4v) is 5.76. The van der Waals surface area contributed by atoms with Crippen LogP contribution in [0.15, 0.2) is 85.1 Å². The molecular formula is C19H22N2Si. The quantitative estimate of drug-likeness (QED) is 0.740. The van der Waals surface area contributed by atoms with Crippen LogP contribution in [0.4, 0.5) is 11.4 Å². The molecule has 0 saturated heterocycles. The number of allylic oxidation sites excluding steroid dienone is 2. The minimum Gasteiger partial charge on any atom is -0.383 e. The number of anilines is 2. The first kappa shape index (κ1) is 14.7. The molecule has 0 unspecified atom stereocenters. The summed E-state index contributed by atoms with van der Waals surface area (Å²) in [4.78, 5) is 0. The van der Waals surface area contributed by atoms with Gasteiger partial charge in [-0.15, -0.1) is 0 Å². The minimum absolute atomic E-state index is 0.978. The van der Waals surface area contributed by atoms with E-state index < -0.39 is 8.40 Å². The Hall–Kier alpha value is -2.26. The van der Waals surface area contributed by atoms with Crippen LogP contribution in [-0.4, -0.2) is 19.5 Å². The highest BCUT2D eigenvalue weighted by Crippen LogP contribution is 2.33. The zero-order chi connectivity index (χ0) is 15.4. The van der Waals surface area contributed by atoms with E-state index in [1.54, 1.807) is 0 Å². The molecular weight excluding hydrogens is 284 g/mol. The number of rotatable bonds is 4. The van der Waals surface area contributed by atoms with E-state index in [1.807, 2.05) is 0 Å². The Morgan fingerprint density at radius 3 is 1.82 bits per heavy atom. The lowest BCUT2D eigenvalue weighted by Crippen LogP contribution is -2.58. The molecule has 0 bridgehead atoms. The molecule has 0 saturated carbocycles. The summed E-state index contributed by atoms with van der Waals surface area (Å²) in [6, 6.07) is 21.4. The molecule has 0 fully saturated rings. The van der Waals surface area contributed by atoms with Gasteiger partial charge in [0.2, 0.25) is 0 Å². The zero-order valence-corrected chi connectivity index (χ0v) is 14.2. The van der Waals surface area contributed by atoms with Crippen molar-refractivity contribution in [3.63, 3.8) is 0 Å². The van der Waals surface area contributed by atoms with Crippen molar-refractivity contribution >= 4 is 19.8 Å². The molecule has 1 aliphatic heterocycles. The Morgan fingerprint density at radius 1 is 0.818 bits per heavy atom. The molecule has 3 heteroatoms. The summed E-state index contributed by atoms with van der Waals surface area (Å²) >= 11 is 0. The van der Waals surface area contributed by atoms with E-state index >= 15 is 0 Å². The monoisotopic (exact) mass is 306 g/mol. The predicted octanol–water partition coefficient (Wildman–Crippen LogP) is 4.91. The second-order valence-electron chi connectivity index (χ2n) is 5.92. The van der Waals surface area contributed by atoms with Crippen LogP contribution >= 0.6 is 0 Å².